The Morgan fingerprint density at radius 2 is 2.15 bits per heavy atom. The number of likely N-dealkylation sites (tertiary alicyclic amines) is 1. The van der Waals surface area contributed by atoms with Crippen molar-refractivity contribution >= 4 is 5.70 Å². The lowest BCUT2D eigenvalue weighted by Crippen LogP contribution is -2.47. The third-order valence-corrected chi connectivity index (χ3v) is 6.03. The maximum atomic E-state index is 5.59. The molecule has 1 N–H and O–H groups in total. The summed E-state index contributed by atoms with van der Waals surface area (Å²) in [4.78, 5) is 2.38. The highest BCUT2D eigenvalue weighted by Crippen LogP contribution is 2.37. The Balaban J connectivity index is 1.53. The quantitative estimate of drug-likeness (QED) is 0.603. The monoisotopic (exact) mass is 374 g/mol. The second-order valence-corrected chi connectivity index (χ2v) is 7.97. The fourth-order valence-electron chi connectivity index (χ4n) is 3.99. The highest BCUT2D eigenvalue weighted by molar-refractivity contribution is 5.60. The van der Waals surface area contributed by atoms with Gasteiger partial charge in [0.2, 0.25) is 0 Å². The molecule has 0 bridgehead atoms. The average Bonchev–Trinajstić information content (AvgIpc) is 3.30. The summed E-state index contributed by atoms with van der Waals surface area (Å²) in [6.07, 6.45) is 9.47. The van der Waals surface area contributed by atoms with E-state index in [0.29, 0.717) is 18.6 Å². The lowest BCUT2D eigenvalue weighted by molar-refractivity contribution is 0.0345. The Kier molecular flexibility index (Phi) is 6.73. The lowest BCUT2D eigenvalue weighted by atomic mass is 9.78. The first-order valence-corrected chi connectivity index (χ1v) is 9.91. The summed E-state index contributed by atoms with van der Waals surface area (Å²) in [6, 6.07) is 0.613. The number of piperidine rings is 1. The van der Waals surface area contributed by atoms with Gasteiger partial charge in [0.05, 0.1) is 26.0 Å². The molecule has 1 saturated heterocycles. The molecule has 1 unspecified atom stereocenters. The highest BCUT2D eigenvalue weighted by Gasteiger charge is 2.39. The van der Waals surface area contributed by atoms with Crippen molar-refractivity contribution in [1.29, 1.82) is 0 Å². The van der Waals surface area contributed by atoms with Gasteiger partial charge < -0.3 is 19.7 Å². The van der Waals surface area contributed by atoms with Gasteiger partial charge in [0.15, 0.2) is 0 Å². The van der Waals surface area contributed by atoms with Crippen molar-refractivity contribution in [3.8, 4) is 0 Å². The molecular formula is C21H34N4O2. The van der Waals surface area contributed by atoms with Gasteiger partial charge in [-0.15, -0.1) is 6.58 Å². The van der Waals surface area contributed by atoms with E-state index in [2.05, 4.69) is 40.7 Å². The molecule has 2 heterocycles. The molecule has 0 spiro atoms. The summed E-state index contributed by atoms with van der Waals surface area (Å²) < 4.78 is 12.6. The van der Waals surface area contributed by atoms with E-state index in [1.165, 1.54) is 6.42 Å². The number of nitrogens with zero attached hydrogens (tertiary/aromatic N) is 3. The van der Waals surface area contributed by atoms with Crippen LogP contribution in [0.25, 0.3) is 5.70 Å². The minimum absolute atomic E-state index is 0.211. The minimum atomic E-state index is 0.211. The number of rotatable bonds is 11. The van der Waals surface area contributed by atoms with E-state index in [0.717, 1.165) is 56.9 Å². The molecular weight excluding hydrogens is 340 g/mol. The van der Waals surface area contributed by atoms with Gasteiger partial charge in [0, 0.05) is 62.8 Å². The van der Waals surface area contributed by atoms with E-state index in [9.17, 15) is 0 Å². The zero-order valence-corrected chi connectivity index (χ0v) is 16.8. The molecule has 0 radical (unpaired) electrons. The fourth-order valence-corrected chi connectivity index (χ4v) is 3.99. The van der Waals surface area contributed by atoms with Gasteiger partial charge in [-0.2, -0.15) is 5.10 Å². The van der Waals surface area contributed by atoms with Crippen molar-refractivity contribution in [3.63, 3.8) is 0 Å². The van der Waals surface area contributed by atoms with Gasteiger partial charge in [0.1, 0.15) is 0 Å². The molecule has 0 aromatic carbocycles. The molecule has 6 heteroatoms. The lowest BCUT2D eigenvalue weighted by Gasteiger charge is -2.43. The van der Waals surface area contributed by atoms with Crippen LogP contribution in [0.3, 0.4) is 0 Å². The maximum Gasteiger partial charge on any atom is 0.0658 e. The number of methoxy groups -OCH3 is 2. The topological polar surface area (TPSA) is 51.5 Å². The predicted molar refractivity (Wildman–Crippen MR) is 108 cm³/mol. The largest absolute Gasteiger partial charge is 0.384 e. The fraction of sp³-hybridized carbons (Fsp3) is 0.667. The van der Waals surface area contributed by atoms with E-state index in [-0.39, 0.29) is 5.41 Å². The van der Waals surface area contributed by atoms with Crippen LogP contribution in [0, 0.1) is 11.3 Å². The van der Waals surface area contributed by atoms with Crippen LogP contribution in [0.2, 0.25) is 0 Å². The molecule has 6 nitrogen and oxygen atoms in total. The van der Waals surface area contributed by atoms with Crippen LogP contribution in [-0.4, -0.2) is 67.8 Å². The van der Waals surface area contributed by atoms with Crippen LogP contribution < -0.4 is 5.32 Å². The smallest absolute Gasteiger partial charge is 0.0658 e. The SMILES string of the molecule is C=CC1C[C@H]1NCC1(COC)CCN(C(=C)c2cnn(CCOC)c2)CC1. The number of ether oxygens (including phenoxy) is 2. The Bertz CT molecular complexity index is 634. The van der Waals surface area contributed by atoms with Crippen LogP contribution in [0.1, 0.15) is 24.8 Å². The van der Waals surface area contributed by atoms with Gasteiger partial charge >= 0.3 is 0 Å². The Morgan fingerprint density at radius 1 is 1.37 bits per heavy atom. The Labute approximate surface area is 163 Å². The molecule has 150 valence electrons. The third kappa shape index (κ3) is 5.00. The summed E-state index contributed by atoms with van der Waals surface area (Å²) in [5.41, 5.74) is 2.37. The van der Waals surface area contributed by atoms with Crippen LogP contribution >= 0.6 is 0 Å². The summed E-state index contributed by atoms with van der Waals surface area (Å²) >= 11 is 0. The van der Waals surface area contributed by atoms with Crippen molar-refractivity contribution in [3.05, 3.63) is 37.2 Å². The molecule has 1 aromatic rings. The minimum Gasteiger partial charge on any atom is -0.384 e. The van der Waals surface area contributed by atoms with Gasteiger partial charge in [-0.3, -0.25) is 4.68 Å². The van der Waals surface area contributed by atoms with Crippen LogP contribution in [0.4, 0.5) is 0 Å². The van der Waals surface area contributed by atoms with E-state index in [1.807, 2.05) is 18.0 Å². The van der Waals surface area contributed by atoms with Crippen molar-refractivity contribution in [1.82, 2.24) is 20.0 Å². The van der Waals surface area contributed by atoms with Crippen LogP contribution in [0.5, 0.6) is 0 Å². The molecule has 3 rings (SSSR count). The van der Waals surface area contributed by atoms with Crippen molar-refractivity contribution in [2.24, 2.45) is 11.3 Å². The van der Waals surface area contributed by atoms with Crippen molar-refractivity contribution < 1.29 is 9.47 Å². The van der Waals surface area contributed by atoms with Gasteiger partial charge in [-0.1, -0.05) is 12.7 Å². The molecule has 2 aliphatic rings. The van der Waals surface area contributed by atoms with Crippen molar-refractivity contribution in [2.45, 2.75) is 31.8 Å². The van der Waals surface area contributed by atoms with Crippen molar-refractivity contribution in [2.75, 3.05) is 47.1 Å². The first kappa shape index (κ1) is 20.1. The van der Waals surface area contributed by atoms with Gasteiger partial charge in [0.25, 0.3) is 0 Å². The number of aromatic nitrogens is 2. The predicted octanol–water partition coefficient (Wildman–Crippen LogP) is 2.39. The van der Waals surface area contributed by atoms with Crippen LogP contribution in [-0.2, 0) is 16.0 Å². The normalized spacial score (nSPS) is 24.0. The molecule has 1 aromatic heterocycles. The van der Waals surface area contributed by atoms with E-state index >= 15 is 0 Å². The zero-order valence-electron chi connectivity index (χ0n) is 16.8. The first-order chi connectivity index (χ1) is 13.1. The maximum absolute atomic E-state index is 5.59. The second-order valence-electron chi connectivity index (χ2n) is 7.97. The third-order valence-electron chi connectivity index (χ3n) is 6.03. The Hall–Kier alpha value is -1.63. The number of nitrogens with one attached hydrogen (secondary N) is 1. The number of hydrogen-bond acceptors (Lipinski definition) is 5. The molecule has 0 amide bonds. The number of hydrogen-bond donors (Lipinski definition) is 1. The first-order valence-electron chi connectivity index (χ1n) is 9.91. The summed E-state index contributed by atoms with van der Waals surface area (Å²) in [7, 11) is 3.52. The summed E-state index contributed by atoms with van der Waals surface area (Å²) in [5, 5.41) is 8.14. The summed E-state index contributed by atoms with van der Waals surface area (Å²) in [6.45, 7) is 13.5. The van der Waals surface area contributed by atoms with Gasteiger partial charge in [-0.05, 0) is 25.2 Å². The molecule has 27 heavy (non-hydrogen) atoms. The Morgan fingerprint density at radius 3 is 2.78 bits per heavy atom. The standard InChI is InChI=1S/C21H34N4O2/c1-5-18-12-20(18)22-15-21(16-27-4)6-8-24(9-7-21)17(2)19-13-23-25(14-19)10-11-26-3/h5,13-14,18,20,22H,1-2,6-12,15-16H2,3-4H3/t18?,20-/m1/s1. The molecule has 1 saturated carbocycles. The van der Waals surface area contributed by atoms with E-state index in [1.54, 1.807) is 7.11 Å². The van der Waals surface area contributed by atoms with E-state index < -0.39 is 0 Å². The average molecular weight is 375 g/mol. The molecule has 2 fully saturated rings. The van der Waals surface area contributed by atoms with Gasteiger partial charge in [-0.25, -0.2) is 0 Å². The molecule has 1 aliphatic heterocycles. The highest BCUT2D eigenvalue weighted by atomic mass is 16.5. The molecule has 1 aliphatic carbocycles. The second kappa shape index (κ2) is 9.04. The molecule has 2 atom stereocenters. The van der Waals surface area contributed by atoms with Crippen LogP contribution in [0.15, 0.2) is 31.6 Å². The summed E-state index contributed by atoms with van der Waals surface area (Å²) in [5.74, 6) is 0.652. The zero-order chi connectivity index (χ0) is 19.3. The van der Waals surface area contributed by atoms with E-state index in [4.69, 9.17) is 9.47 Å².